The van der Waals surface area contributed by atoms with Crippen LogP contribution in [0.15, 0.2) is 10.9 Å². The molecule has 4 rings (SSSR count). The quantitative estimate of drug-likeness (QED) is 0.823. The van der Waals surface area contributed by atoms with Crippen molar-refractivity contribution in [3.63, 3.8) is 0 Å². The fourth-order valence-corrected chi connectivity index (χ4v) is 4.27. The lowest BCUT2D eigenvalue weighted by atomic mass is 9.75. The Balaban J connectivity index is 1.61. The van der Waals surface area contributed by atoms with E-state index in [9.17, 15) is 14.4 Å². The summed E-state index contributed by atoms with van der Waals surface area (Å²) in [6.45, 7) is 6.89. The summed E-state index contributed by atoms with van der Waals surface area (Å²) in [5.74, 6) is 1.13. The number of H-pyrrole nitrogens is 2. The number of Topliss-reactive ketones (excluding diaryl/α,β-unsaturated/α-hetero) is 1. The Hall–Kier alpha value is -2.77. The van der Waals surface area contributed by atoms with Crippen molar-refractivity contribution in [2.45, 2.75) is 52.4 Å². The van der Waals surface area contributed by atoms with E-state index in [4.69, 9.17) is 0 Å². The Labute approximate surface area is 162 Å². The van der Waals surface area contributed by atoms with E-state index in [-0.39, 0.29) is 28.6 Å². The minimum atomic E-state index is -0.426. The normalized spacial score (nSPS) is 21.5. The van der Waals surface area contributed by atoms with Gasteiger partial charge >= 0.3 is 0 Å². The number of aryl methyl sites for hydroxylation is 1. The van der Waals surface area contributed by atoms with Crippen LogP contribution in [-0.4, -0.2) is 49.8 Å². The Bertz CT molecular complexity index is 1000. The molecule has 1 amide bonds. The number of nitrogens with zero attached hydrogens (tertiary/aromatic N) is 3. The number of ketones is 1. The maximum absolute atomic E-state index is 13.1. The minimum absolute atomic E-state index is 0.0238. The summed E-state index contributed by atoms with van der Waals surface area (Å²) in [6, 6.07) is 1.49. The average Bonchev–Trinajstić information content (AvgIpc) is 3.06. The van der Waals surface area contributed by atoms with Gasteiger partial charge in [0, 0.05) is 36.7 Å². The fraction of sp³-hybridized carbons (Fsp3) is 0.550. The smallest absolute Gasteiger partial charge is 0.261 e. The monoisotopic (exact) mass is 383 g/mol. The van der Waals surface area contributed by atoms with Crippen molar-refractivity contribution in [1.82, 2.24) is 25.1 Å². The number of aromatic amines is 2. The zero-order chi connectivity index (χ0) is 20.1. The number of likely N-dealkylation sites (tertiary alicyclic amines) is 1. The molecule has 1 fully saturated rings. The summed E-state index contributed by atoms with van der Waals surface area (Å²) in [6.07, 6.45) is 2.75. The largest absolute Gasteiger partial charge is 0.338 e. The molecule has 1 atom stereocenters. The van der Waals surface area contributed by atoms with E-state index in [1.807, 2.05) is 20.8 Å². The van der Waals surface area contributed by atoms with Gasteiger partial charge < -0.3 is 9.88 Å². The number of nitrogens with one attached hydrogen (secondary N) is 2. The van der Waals surface area contributed by atoms with E-state index in [0.29, 0.717) is 43.0 Å². The minimum Gasteiger partial charge on any atom is -0.338 e. The van der Waals surface area contributed by atoms with Crippen LogP contribution in [0.3, 0.4) is 0 Å². The zero-order valence-corrected chi connectivity index (χ0v) is 16.5. The van der Waals surface area contributed by atoms with Crippen molar-refractivity contribution in [2.75, 3.05) is 13.1 Å². The highest BCUT2D eigenvalue weighted by atomic mass is 16.2. The van der Waals surface area contributed by atoms with Gasteiger partial charge in [-0.2, -0.15) is 5.10 Å². The summed E-state index contributed by atoms with van der Waals surface area (Å²) in [4.78, 5) is 47.1. The first kappa shape index (κ1) is 18.6. The van der Waals surface area contributed by atoms with Gasteiger partial charge in [-0.3, -0.25) is 19.5 Å². The lowest BCUT2D eigenvalue weighted by molar-refractivity contribution is 0.0702. The predicted octanol–water partition coefficient (Wildman–Crippen LogP) is 1.98. The molecule has 2 aliphatic rings. The number of fused-ring (bicyclic) bond motifs is 1. The van der Waals surface area contributed by atoms with Gasteiger partial charge in [0.25, 0.3) is 11.5 Å². The molecule has 0 bridgehead atoms. The molecular weight excluding hydrogens is 358 g/mol. The van der Waals surface area contributed by atoms with Gasteiger partial charge in [-0.25, -0.2) is 4.98 Å². The van der Waals surface area contributed by atoms with Crippen LogP contribution in [0.25, 0.3) is 0 Å². The van der Waals surface area contributed by atoms with E-state index in [1.165, 1.54) is 6.07 Å². The second kappa shape index (κ2) is 6.68. The van der Waals surface area contributed by atoms with Crippen LogP contribution in [-0.2, 0) is 6.42 Å². The molecule has 148 valence electrons. The third-order valence-electron chi connectivity index (χ3n) is 5.64. The number of hydrogen-bond donors (Lipinski definition) is 2. The van der Waals surface area contributed by atoms with Crippen molar-refractivity contribution in [3.05, 3.63) is 44.9 Å². The molecule has 1 aliphatic heterocycles. The number of rotatable bonds is 2. The highest BCUT2D eigenvalue weighted by Crippen LogP contribution is 2.33. The van der Waals surface area contributed by atoms with Crippen LogP contribution in [0.2, 0.25) is 0 Å². The first-order valence-corrected chi connectivity index (χ1v) is 9.71. The van der Waals surface area contributed by atoms with Crippen molar-refractivity contribution < 1.29 is 9.59 Å². The molecular formula is C20H25N5O3. The first-order valence-electron chi connectivity index (χ1n) is 9.71. The van der Waals surface area contributed by atoms with E-state index >= 15 is 0 Å². The van der Waals surface area contributed by atoms with Crippen LogP contribution >= 0.6 is 0 Å². The van der Waals surface area contributed by atoms with Gasteiger partial charge in [-0.1, -0.05) is 13.8 Å². The van der Waals surface area contributed by atoms with Crippen molar-refractivity contribution >= 4 is 11.7 Å². The summed E-state index contributed by atoms with van der Waals surface area (Å²) >= 11 is 0. The van der Waals surface area contributed by atoms with Crippen LogP contribution < -0.4 is 5.56 Å². The molecule has 2 aromatic rings. The van der Waals surface area contributed by atoms with Crippen molar-refractivity contribution in [2.24, 2.45) is 5.41 Å². The highest BCUT2D eigenvalue weighted by Gasteiger charge is 2.34. The number of amides is 1. The predicted molar refractivity (Wildman–Crippen MR) is 102 cm³/mol. The summed E-state index contributed by atoms with van der Waals surface area (Å²) < 4.78 is 0. The van der Waals surface area contributed by atoms with Crippen LogP contribution in [0, 0.1) is 12.3 Å². The molecule has 0 radical (unpaired) electrons. The average molecular weight is 383 g/mol. The molecule has 0 saturated carbocycles. The number of carbonyl (C=O) groups is 2. The van der Waals surface area contributed by atoms with Gasteiger partial charge in [-0.05, 0) is 37.7 Å². The lowest BCUT2D eigenvalue weighted by Crippen LogP contribution is -2.42. The Morgan fingerprint density at radius 3 is 2.79 bits per heavy atom. The SMILES string of the molecule is Cc1nc([C@H]2CCCN(C(=O)c3cc4c([nH]c3=O)CC(C)(C)CC4=O)C2)n[nH]1. The molecule has 1 saturated heterocycles. The summed E-state index contributed by atoms with van der Waals surface area (Å²) in [5.41, 5.74) is 0.535. The number of carbonyl (C=O) groups excluding carboxylic acids is 2. The van der Waals surface area contributed by atoms with Gasteiger partial charge in [0.15, 0.2) is 11.6 Å². The molecule has 2 N–H and O–H groups in total. The van der Waals surface area contributed by atoms with Crippen molar-refractivity contribution in [3.8, 4) is 0 Å². The second-order valence-electron chi connectivity index (χ2n) is 8.71. The second-order valence-corrected chi connectivity index (χ2v) is 8.71. The Kier molecular flexibility index (Phi) is 4.44. The molecule has 8 heteroatoms. The fourth-order valence-electron chi connectivity index (χ4n) is 4.27. The Morgan fingerprint density at radius 1 is 1.29 bits per heavy atom. The summed E-state index contributed by atoms with van der Waals surface area (Å²) in [5, 5.41) is 7.06. The van der Waals surface area contributed by atoms with Gasteiger partial charge in [0.2, 0.25) is 0 Å². The third kappa shape index (κ3) is 3.39. The van der Waals surface area contributed by atoms with Crippen LogP contribution in [0.1, 0.15) is 77.1 Å². The van der Waals surface area contributed by atoms with Gasteiger partial charge in [-0.15, -0.1) is 0 Å². The van der Waals surface area contributed by atoms with E-state index in [1.54, 1.807) is 4.90 Å². The molecule has 2 aromatic heterocycles. The number of pyridine rings is 1. The molecule has 28 heavy (non-hydrogen) atoms. The maximum atomic E-state index is 13.1. The first-order chi connectivity index (χ1) is 13.2. The van der Waals surface area contributed by atoms with Gasteiger partial charge in [0.05, 0.1) is 0 Å². The molecule has 8 nitrogen and oxygen atoms in total. The topological polar surface area (TPSA) is 112 Å². The molecule has 0 unspecified atom stereocenters. The van der Waals surface area contributed by atoms with E-state index in [0.717, 1.165) is 18.7 Å². The summed E-state index contributed by atoms with van der Waals surface area (Å²) in [7, 11) is 0. The van der Waals surface area contributed by atoms with Gasteiger partial charge in [0.1, 0.15) is 11.4 Å². The number of hydrogen-bond acceptors (Lipinski definition) is 5. The number of aromatic nitrogens is 4. The highest BCUT2D eigenvalue weighted by molar-refractivity contribution is 6.02. The Morgan fingerprint density at radius 2 is 2.07 bits per heavy atom. The zero-order valence-electron chi connectivity index (χ0n) is 16.5. The molecule has 0 spiro atoms. The van der Waals surface area contributed by atoms with E-state index in [2.05, 4.69) is 20.2 Å². The van der Waals surface area contributed by atoms with Crippen LogP contribution in [0.5, 0.6) is 0 Å². The maximum Gasteiger partial charge on any atom is 0.261 e. The lowest BCUT2D eigenvalue weighted by Gasteiger charge is -2.32. The molecule has 0 aromatic carbocycles. The van der Waals surface area contributed by atoms with Crippen molar-refractivity contribution in [1.29, 1.82) is 0 Å². The van der Waals surface area contributed by atoms with Crippen LogP contribution in [0.4, 0.5) is 0 Å². The number of piperidine rings is 1. The molecule has 3 heterocycles. The third-order valence-corrected chi connectivity index (χ3v) is 5.64. The standard InChI is InChI=1S/C20H25N5O3/c1-11-21-17(24-23-11)12-5-4-6-25(10-12)19(28)14-7-13-15(22-18(14)27)8-20(2,3)9-16(13)26/h7,12H,4-6,8-10H2,1-3H3,(H,22,27)(H,21,23,24)/t12-/m0/s1. The molecule has 1 aliphatic carbocycles. The van der Waals surface area contributed by atoms with E-state index < -0.39 is 5.56 Å².